The first-order chi connectivity index (χ1) is 13.9. The number of nitrogens with zero attached hydrogens (tertiary/aromatic N) is 1. The van der Waals surface area contributed by atoms with E-state index < -0.39 is 10.0 Å². The molecular formula is C22H24N2O4S. The van der Waals surface area contributed by atoms with E-state index in [9.17, 15) is 13.2 Å². The fourth-order valence-electron chi connectivity index (χ4n) is 3.96. The van der Waals surface area contributed by atoms with E-state index in [4.69, 9.17) is 4.74 Å². The Morgan fingerprint density at radius 1 is 1.07 bits per heavy atom. The Labute approximate surface area is 171 Å². The number of hydrogen-bond acceptors (Lipinski definition) is 4. The van der Waals surface area contributed by atoms with E-state index in [0.717, 1.165) is 36.9 Å². The molecule has 152 valence electrons. The minimum absolute atomic E-state index is 0.0501. The van der Waals surface area contributed by atoms with Crippen molar-refractivity contribution in [2.24, 2.45) is 0 Å². The number of nitrogens with one attached hydrogen (secondary N) is 1. The first kappa shape index (κ1) is 19.5. The third-order valence-corrected chi connectivity index (χ3v) is 6.78. The van der Waals surface area contributed by atoms with Crippen LogP contribution in [0.1, 0.15) is 38.2 Å². The van der Waals surface area contributed by atoms with Gasteiger partial charge in [-0.3, -0.25) is 9.52 Å². The zero-order valence-electron chi connectivity index (χ0n) is 16.6. The number of likely N-dealkylation sites (N-methyl/N-ethyl adjacent to an activating group) is 1. The molecule has 6 nitrogen and oxygen atoms in total. The molecule has 2 aromatic rings. The Morgan fingerprint density at radius 2 is 1.76 bits per heavy atom. The van der Waals surface area contributed by atoms with Crippen LogP contribution in [0.4, 0.5) is 11.4 Å². The number of hydrogen-bond donors (Lipinski definition) is 1. The lowest BCUT2D eigenvalue weighted by atomic mass is 10.00. The van der Waals surface area contributed by atoms with Gasteiger partial charge in [0, 0.05) is 23.9 Å². The lowest BCUT2D eigenvalue weighted by Gasteiger charge is -2.12. The Hall–Kier alpha value is -2.80. The molecule has 4 rings (SSSR count). The van der Waals surface area contributed by atoms with Gasteiger partial charge in [0.25, 0.3) is 15.9 Å². The molecule has 0 aromatic heterocycles. The van der Waals surface area contributed by atoms with Crippen LogP contribution in [0.2, 0.25) is 0 Å². The summed E-state index contributed by atoms with van der Waals surface area (Å²) in [5, 5.41) is 0. The summed E-state index contributed by atoms with van der Waals surface area (Å²) in [5.74, 6) is 0.633. The molecule has 1 aliphatic carbocycles. The molecule has 2 aliphatic rings. The van der Waals surface area contributed by atoms with E-state index in [2.05, 4.69) is 4.72 Å². The quantitative estimate of drug-likeness (QED) is 0.747. The smallest absolute Gasteiger partial charge is 0.261 e. The molecule has 1 fully saturated rings. The number of sulfonamides is 1. The fourth-order valence-corrected chi connectivity index (χ4v) is 5.05. The minimum atomic E-state index is -3.79. The van der Waals surface area contributed by atoms with Crippen molar-refractivity contribution < 1.29 is 17.9 Å². The van der Waals surface area contributed by atoms with Crippen LogP contribution in [0, 0.1) is 0 Å². The minimum Gasteiger partial charge on any atom is -0.494 e. The molecule has 0 spiro atoms. The maximum atomic E-state index is 12.9. The van der Waals surface area contributed by atoms with Crippen molar-refractivity contribution in [3.63, 3.8) is 0 Å². The number of benzene rings is 2. The molecule has 1 heterocycles. The van der Waals surface area contributed by atoms with Crippen LogP contribution < -0.4 is 14.4 Å². The van der Waals surface area contributed by atoms with Crippen molar-refractivity contribution in [1.29, 1.82) is 0 Å². The molecule has 1 amide bonds. The highest BCUT2D eigenvalue weighted by Crippen LogP contribution is 2.42. The van der Waals surface area contributed by atoms with Gasteiger partial charge < -0.3 is 9.64 Å². The average Bonchev–Trinajstić information content (AvgIpc) is 3.30. The second-order valence-corrected chi connectivity index (χ2v) is 8.97. The van der Waals surface area contributed by atoms with Crippen LogP contribution in [0.15, 0.2) is 52.9 Å². The van der Waals surface area contributed by atoms with Crippen LogP contribution in [-0.4, -0.2) is 28.0 Å². The summed E-state index contributed by atoms with van der Waals surface area (Å²) in [5.41, 5.74) is 3.73. The Morgan fingerprint density at radius 3 is 2.41 bits per heavy atom. The number of anilines is 2. The Kier molecular flexibility index (Phi) is 5.08. The molecular weight excluding hydrogens is 388 g/mol. The number of fused-ring (bicyclic) bond motifs is 1. The van der Waals surface area contributed by atoms with Gasteiger partial charge in [0.05, 0.1) is 17.2 Å². The Bertz CT molecular complexity index is 1080. The predicted molar refractivity (Wildman–Crippen MR) is 114 cm³/mol. The maximum absolute atomic E-state index is 12.9. The van der Waals surface area contributed by atoms with Crippen molar-refractivity contribution in [3.8, 4) is 5.75 Å². The molecule has 1 aliphatic heterocycles. The van der Waals surface area contributed by atoms with Crippen molar-refractivity contribution >= 4 is 32.9 Å². The number of carbonyl (C=O) groups excluding carboxylic acids is 1. The van der Waals surface area contributed by atoms with E-state index in [1.54, 1.807) is 54.4 Å². The van der Waals surface area contributed by atoms with Gasteiger partial charge in [-0.15, -0.1) is 0 Å². The van der Waals surface area contributed by atoms with Gasteiger partial charge in [-0.2, -0.15) is 0 Å². The second kappa shape index (κ2) is 7.55. The normalized spacial score (nSPS) is 16.3. The third kappa shape index (κ3) is 3.62. The lowest BCUT2D eigenvalue weighted by molar-refractivity contribution is -0.112. The number of allylic oxidation sites excluding steroid dienone is 1. The number of ether oxygens (including phenoxy) is 1. The molecule has 0 bridgehead atoms. The molecule has 29 heavy (non-hydrogen) atoms. The number of amides is 1. The molecule has 0 saturated heterocycles. The topological polar surface area (TPSA) is 75.7 Å². The molecule has 1 saturated carbocycles. The van der Waals surface area contributed by atoms with Crippen LogP contribution in [-0.2, 0) is 14.8 Å². The summed E-state index contributed by atoms with van der Waals surface area (Å²) in [4.78, 5) is 14.5. The molecule has 0 radical (unpaired) electrons. The van der Waals surface area contributed by atoms with Gasteiger partial charge >= 0.3 is 0 Å². The fraction of sp³-hybridized carbons (Fsp3) is 0.318. The van der Waals surface area contributed by atoms with Crippen molar-refractivity contribution in [1.82, 2.24) is 0 Å². The zero-order valence-corrected chi connectivity index (χ0v) is 17.4. The van der Waals surface area contributed by atoms with Gasteiger partial charge in [-0.1, -0.05) is 5.57 Å². The summed E-state index contributed by atoms with van der Waals surface area (Å²) in [7, 11) is -2.05. The SMILES string of the molecule is CCOc1ccc(NS(=O)(=O)c2ccc3c(c2)C(=C2CCCC2)C(=O)N3C)cc1. The highest BCUT2D eigenvalue weighted by molar-refractivity contribution is 7.92. The lowest BCUT2D eigenvalue weighted by Crippen LogP contribution is -2.20. The second-order valence-electron chi connectivity index (χ2n) is 7.29. The summed E-state index contributed by atoms with van der Waals surface area (Å²) >= 11 is 0. The molecule has 2 aromatic carbocycles. The average molecular weight is 413 g/mol. The summed E-state index contributed by atoms with van der Waals surface area (Å²) < 4.78 is 33.9. The van der Waals surface area contributed by atoms with Crippen molar-refractivity contribution in [3.05, 3.63) is 53.6 Å². The van der Waals surface area contributed by atoms with Crippen molar-refractivity contribution in [2.45, 2.75) is 37.5 Å². The van der Waals surface area contributed by atoms with Crippen LogP contribution in [0.3, 0.4) is 0 Å². The Balaban J connectivity index is 1.68. The molecule has 0 atom stereocenters. The monoisotopic (exact) mass is 412 g/mol. The van der Waals surface area contributed by atoms with E-state index in [0.29, 0.717) is 29.2 Å². The van der Waals surface area contributed by atoms with Crippen LogP contribution in [0.25, 0.3) is 5.57 Å². The highest BCUT2D eigenvalue weighted by Gasteiger charge is 2.34. The van der Waals surface area contributed by atoms with E-state index >= 15 is 0 Å². The zero-order chi connectivity index (χ0) is 20.6. The predicted octanol–water partition coefficient (Wildman–Crippen LogP) is 4.19. The highest BCUT2D eigenvalue weighted by atomic mass is 32.2. The first-order valence-corrected chi connectivity index (χ1v) is 11.3. The number of carbonyl (C=O) groups is 1. The summed E-state index contributed by atoms with van der Waals surface area (Å²) in [6.07, 6.45) is 3.94. The van der Waals surface area contributed by atoms with E-state index in [-0.39, 0.29) is 10.8 Å². The van der Waals surface area contributed by atoms with Gasteiger partial charge in [-0.05, 0) is 75.1 Å². The van der Waals surface area contributed by atoms with Crippen LogP contribution in [0.5, 0.6) is 5.75 Å². The molecule has 7 heteroatoms. The standard InChI is InChI=1S/C22H24N2O4S/c1-3-28-17-10-8-16(9-11-17)23-29(26,27)18-12-13-20-19(14-18)21(22(25)24(20)2)15-6-4-5-7-15/h8-14,23H,3-7H2,1-2H3. The van der Waals surface area contributed by atoms with Gasteiger partial charge in [0.2, 0.25) is 0 Å². The molecule has 1 N–H and O–H groups in total. The summed E-state index contributed by atoms with van der Waals surface area (Å²) in [6.45, 7) is 2.44. The van der Waals surface area contributed by atoms with Gasteiger partial charge in [-0.25, -0.2) is 8.42 Å². The van der Waals surface area contributed by atoms with Gasteiger partial charge in [0.15, 0.2) is 0 Å². The van der Waals surface area contributed by atoms with Crippen molar-refractivity contribution in [2.75, 3.05) is 23.3 Å². The third-order valence-electron chi connectivity index (χ3n) is 5.41. The maximum Gasteiger partial charge on any atom is 0.261 e. The first-order valence-electron chi connectivity index (χ1n) is 9.81. The number of rotatable bonds is 5. The van der Waals surface area contributed by atoms with E-state index in [1.807, 2.05) is 6.92 Å². The van der Waals surface area contributed by atoms with Gasteiger partial charge in [0.1, 0.15) is 5.75 Å². The summed E-state index contributed by atoms with van der Waals surface area (Å²) in [6, 6.07) is 11.7. The van der Waals surface area contributed by atoms with E-state index in [1.165, 1.54) is 0 Å². The largest absolute Gasteiger partial charge is 0.494 e. The molecule has 0 unspecified atom stereocenters. The van der Waals surface area contributed by atoms with Crippen LogP contribution >= 0.6 is 0 Å².